The molecule has 2 saturated heterocycles. The second kappa shape index (κ2) is 9.45. The van der Waals surface area contributed by atoms with Gasteiger partial charge in [0.15, 0.2) is 23.0 Å². The zero-order chi connectivity index (χ0) is 21.3. The summed E-state index contributed by atoms with van der Waals surface area (Å²) < 4.78 is 16.9. The predicted octanol–water partition coefficient (Wildman–Crippen LogP) is 2.34. The van der Waals surface area contributed by atoms with Crippen LogP contribution in [0, 0.1) is 5.92 Å². The molecule has 2 heterocycles. The van der Waals surface area contributed by atoms with Crippen molar-refractivity contribution in [2.24, 2.45) is 11.7 Å². The van der Waals surface area contributed by atoms with E-state index in [4.69, 9.17) is 19.9 Å². The van der Waals surface area contributed by atoms with Gasteiger partial charge >= 0.3 is 0 Å². The van der Waals surface area contributed by atoms with Crippen molar-refractivity contribution in [1.29, 1.82) is 0 Å². The van der Waals surface area contributed by atoms with E-state index in [9.17, 15) is 9.59 Å². The molecule has 9 heteroatoms. The second-order valence-corrected chi connectivity index (χ2v) is 7.51. The van der Waals surface area contributed by atoms with Crippen LogP contribution >= 0.6 is 12.4 Å². The number of hydrogen-bond donors (Lipinski definition) is 2. The molecule has 0 spiro atoms. The van der Waals surface area contributed by atoms with Crippen molar-refractivity contribution in [3.8, 4) is 23.0 Å². The number of halogens is 1. The van der Waals surface area contributed by atoms with Crippen LogP contribution in [0.15, 0.2) is 36.4 Å². The molecule has 2 aliphatic heterocycles. The van der Waals surface area contributed by atoms with Crippen LogP contribution in [0.25, 0.3) is 0 Å². The average Bonchev–Trinajstić information content (AvgIpc) is 3.31. The highest BCUT2D eigenvalue weighted by atomic mass is 35.5. The van der Waals surface area contributed by atoms with Gasteiger partial charge in [-0.3, -0.25) is 9.59 Å². The van der Waals surface area contributed by atoms with Crippen LogP contribution in [0.5, 0.6) is 23.0 Å². The van der Waals surface area contributed by atoms with Gasteiger partial charge in [-0.25, -0.2) is 0 Å². The number of carbonyl (C=O) groups excluding carboxylic acids is 2. The SMILES string of the molecule is COc1cc(CN)ccc1Oc1ccc(C(=O)N2C[C@@H]3CC(=O)N[C@@H]3C2)cc1OC.Cl. The third-order valence-electron chi connectivity index (χ3n) is 5.62. The van der Waals surface area contributed by atoms with Gasteiger partial charge in [0.25, 0.3) is 5.91 Å². The van der Waals surface area contributed by atoms with Crippen LogP contribution in [-0.2, 0) is 11.3 Å². The molecular formula is C22H26ClN3O5. The number of benzene rings is 2. The van der Waals surface area contributed by atoms with Crippen LogP contribution in [0.2, 0.25) is 0 Å². The van der Waals surface area contributed by atoms with Gasteiger partial charge in [-0.05, 0) is 35.9 Å². The molecule has 2 aliphatic rings. The van der Waals surface area contributed by atoms with Gasteiger partial charge in [-0.15, -0.1) is 12.4 Å². The molecule has 166 valence electrons. The van der Waals surface area contributed by atoms with Gasteiger partial charge in [0.2, 0.25) is 5.91 Å². The van der Waals surface area contributed by atoms with Crippen molar-refractivity contribution in [2.45, 2.75) is 19.0 Å². The van der Waals surface area contributed by atoms with Gasteiger partial charge in [0.1, 0.15) is 0 Å². The van der Waals surface area contributed by atoms with Crippen LogP contribution < -0.4 is 25.3 Å². The highest BCUT2D eigenvalue weighted by Gasteiger charge is 2.41. The lowest BCUT2D eigenvalue weighted by molar-refractivity contribution is -0.119. The minimum absolute atomic E-state index is 0. The summed E-state index contributed by atoms with van der Waals surface area (Å²) in [4.78, 5) is 26.2. The Hall–Kier alpha value is -2.97. The summed E-state index contributed by atoms with van der Waals surface area (Å²) in [5.74, 6) is 2.16. The number of likely N-dealkylation sites (tertiary alicyclic amines) is 1. The van der Waals surface area contributed by atoms with E-state index in [0.717, 1.165) is 5.56 Å². The summed E-state index contributed by atoms with van der Waals surface area (Å²) in [6.45, 7) is 1.51. The normalized spacial score (nSPS) is 19.3. The quantitative estimate of drug-likeness (QED) is 0.704. The smallest absolute Gasteiger partial charge is 0.254 e. The largest absolute Gasteiger partial charge is 0.493 e. The van der Waals surface area contributed by atoms with Crippen molar-refractivity contribution < 1.29 is 23.8 Å². The van der Waals surface area contributed by atoms with Crippen molar-refractivity contribution in [2.75, 3.05) is 27.3 Å². The van der Waals surface area contributed by atoms with E-state index in [0.29, 0.717) is 54.6 Å². The van der Waals surface area contributed by atoms with Crippen LogP contribution in [0.1, 0.15) is 22.3 Å². The highest BCUT2D eigenvalue weighted by molar-refractivity contribution is 5.95. The molecule has 0 aliphatic carbocycles. The number of methoxy groups -OCH3 is 2. The number of nitrogens with one attached hydrogen (secondary N) is 1. The first kappa shape index (κ1) is 22.7. The Kier molecular flexibility index (Phi) is 6.92. The molecule has 2 aromatic carbocycles. The fourth-order valence-electron chi connectivity index (χ4n) is 4.02. The highest BCUT2D eigenvalue weighted by Crippen LogP contribution is 2.38. The number of hydrogen-bond acceptors (Lipinski definition) is 6. The number of nitrogens with two attached hydrogens (primary N) is 1. The Bertz CT molecular complexity index is 968. The third-order valence-corrected chi connectivity index (χ3v) is 5.62. The van der Waals surface area contributed by atoms with Gasteiger partial charge in [0, 0.05) is 37.5 Å². The lowest BCUT2D eigenvalue weighted by Gasteiger charge is -2.19. The van der Waals surface area contributed by atoms with E-state index in [2.05, 4.69) is 5.32 Å². The molecule has 0 saturated carbocycles. The van der Waals surface area contributed by atoms with E-state index >= 15 is 0 Å². The van der Waals surface area contributed by atoms with Crippen LogP contribution in [0.4, 0.5) is 0 Å². The molecule has 0 bridgehead atoms. The Morgan fingerprint density at radius 2 is 1.74 bits per heavy atom. The van der Waals surface area contributed by atoms with Crippen molar-refractivity contribution in [3.63, 3.8) is 0 Å². The molecule has 2 fully saturated rings. The number of ether oxygens (including phenoxy) is 3. The first-order valence-corrected chi connectivity index (χ1v) is 9.84. The maximum Gasteiger partial charge on any atom is 0.254 e. The maximum absolute atomic E-state index is 13.0. The molecule has 0 radical (unpaired) electrons. The van der Waals surface area contributed by atoms with Crippen molar-refractivity contribution in [1.82, 2.24) is 10.2 Å². The van der Waals surface area contributed by atoms with E-state index in [1.54, 1.807) is 36.3 Å². The third kappa shape index (κ3) is 4.55. The van der Waals surface area contributed by atoms with E-state index in [-0.39, 0.29) is 36.2 Å². The summed E-state index contributed by atoms with van der Waals surface area (Å²) in [5, 5.41) is 2.93. The van der Waals surface area contributed by atoms with Crippen molar-refractivity contribution in [3.05, 3.63) is 47.5 Å². The molecule has 0 unspecified atom stereocenters. The number of carbonyl (C=O) groups is 2. The Morgan fingerprint density at radius 3 is 2.39 bits per heavy atom. The summed E-state index contributed by atoms with van der Waals surface area (Å²) in [5.41, 5.74) is 7.12. The molecular weight excluding hydrogens is 422 g/mol. The fraction of sp³-hybridized carbons (Fsp3) is 0.364. The van der Waals surface area contributed by atoms with Gasteiger partial charge < -0.3 is 30.2 Å². The number of rotatable bonds is 6. The Labute approximate surface area is 187 Å². The summed E-state index contributed by atoms with van der Waals surface area (Å²) in [6, 6.07) is 10.6. The summed E-state index contributed by atoms with van der Waals surface area (Å²) in [6.07, 6.45) is 0.481. The topological polar surface area (TPSA) is 103 Å². The van der Waals surface area contributed by atoms with Crippen LogP contribution in [-0.4, -0.2) is 50.1 Å². The lowest BCUT2D eigenvalue weighted by atomic mass is 10.1. The number of amides is 2. The molecule has 8 nitrogen and oxygen atoms in total. The van der Waals surface area contributed by atoms with Crippen LogP contribution in [0.3, 0.4) is 0 Å². The first-order valence-electron chi connectivity index (χ1n) is 9.84. The summed E-state index contributed by atoms with van der Waals surface area (Å²) >= 11 is 0. The standard InChI is InChI=1S/C22H25N3O5.ClH/c1-28-19-7-13(10-23)3-5-17(19)30-18-6-4-14(8-20(18)29-2)22(27)25-11-15-9-21(26)24-16(15)12-25;/h3-8,15-16H,9-12,23H2,1-2H3,(H,24,26);1H/t15-,16+;/m0./s1. The Morgan fingerprint density at radius 1 is 1.06 bits per heavy atom. The zero-order valence-corrected chi connectivity index (χ0v) is 18.2. The molecule has 31 heavy (non-hydrogen) atoms. The average molecular weight is 448 g/mol. The molecule has 3 N–H and O–H groups in total. The van der Waals surface area contributed by atoms with E-state index in [1.807, 2.05) is 12.1 Å². The predicted molar refractivity (Wildman–Crippen MR) is 117 cm³/mol. The monoisotopic (exact) mass is 447 g/mol. The van der Waals surface area contributed by atoms with Gasteiger partial charge in [0.05, 0.1) is 20.3 Å². The zero-order valence-electron chi connectivity index (χ0n) is 17.4. The summed E-state index contributed by atoms with van der Waals surface area (Å²) in [7, 11) is 3.09. The maximum atomic E-state index is 13.0. The number of fused-ring (bicyclic) bond motifs is 1. The van der Waals surface area contributed by atoms with Gasteiger partial charge in [-0.1, -0.05) is 6.07 Å². The second-order valence-electron chi connectivity index (χ2n) is 7.51. The molecule has 2 atom stereocenters. The first-order chi connectivity index (χ1) is 14.5. The lowest BCUT2D eigenvalue weighted by Crippen LogP contribution is -2.35. The van der Waals surface area contributed by atoms with Crippen molar-refractivity contribution >= 4 is 24.2 Å². The molecule has 0 aromatic heterocycles. The van der Waals surface area contributed by atoms with E-state index in [1.165, 1.54) is 7.11 Å². The minimum atomic E-state index is -0.0895. The molecule has 4 rings (SSSR count). The minimum Gasteiger partial charge on any atom is -0.493 e. The molecule has 2 amide bonds. The van der Waals surface area contributed by atoms with Gasteiger partial charge in [-0.2, -0.15) is 0 Å². The Balaban J connectivity index is 0.00000272. The number of nitrogens with zero attached hydrogens (tertiary/aromatic N) is 1. The molecule has 2 aromatic rings. The van der Waals surface area contributed by atoms with E-state index < -0.39 is 0 Å². The fourth-order valence-corrected chi connectivity index (χ4v) is 4.02.